The average Bonchev–Trinajstić information content (AvgIpc) is 3.58. The number of benzene rings is 4. The van der Waals surface area contributed by atoms with Crippen molar-refractivity contribution < 1.29 is 23.7 Å². The minimum absolute atomic E-state index is 0.203. The number of amides is 1. The molecule has 2 fully saturated rings. The van der Waals surface area contributed by atoms with E-state index in [0.717, 1.165) is 90.5 Å². The predicted octanol–water partition coefficient (Wildman–Crippen LogP) is 6.93. The van der Waals surface area contributed by atoms with Crippen LogP contribution in [0.25, 0.3) is 6.20 Å². The van der Waals surface area contributed by atoms with Crippen LogP contribution in [0.15, 0.2) is 113 Å². The van der Waals surface area contributed by atoms with Crippen molar-refractivity contribution in [3.63, 3.8) is 0 Å². The molecule has 7 rings (SSSR count). The number of carbonyl (C=O) groups is 1. The van der Waals surface area contributed by atoms with Crippen LogP contribution in [0, 0.1) is 5.92 Å². The molecule has 0 spiro atoms. The third-order valence-corrected chi connectivity index (χ3v) is 10.1. The molecule has 1 saturated heterocycles. The van der Waals surface area contributed by atoms with Crippen LogP contribution < -0.4 is 15.3 Å². The van der Waals surface area contributed by atoms with E-state index in [9.17, 15) is 4.79 Å². The van der Waals surface area contributed by atoms with Crippen LogP contribution in [0.3, 0.4) is 0 Å². The van der Waals surface area contributed by atoms with E-state index in [4.69, 9.17) is 24.3 Å². The third-order valence-electron chi connectivity index (χ3n) is 10.1. The number of carbonyl (C=O) groups excluding carboxylic acids is 1. The highest BCUT2D eigenvalue weighted by Crippen LogP contribution is 2.29. The van der Waals surface area contributed by atoms with Gasteiger partial charge in [0.2, 0.25) is 6.20 Å². The molecule has 280 valence electrons. The van der Waals surface area contributed by atoms with E-state index in [2.05, 4.69) is 59.8 Å². The summed E-state index contributed by atoms with van der Waals surface area (Å²) in [6.07, 6.45) is 8.67. The van der Waals surface area contributed by atoms with E-state index in [1.807, 2.05) is 91.0 Å². The molecule has 1 saturated carbocycles. The molecule has 9 nitrogen and oxygen atoms in total. The van der Waals surface area contributed by atoms with Crippen molar-refractivity contribution >= 4 is 29.9 Å². The SMILES string of the molecule is CC(C)(C)OC(=O)N1CCN(C2CCC(/C=[N+]3/C=c4cc(N=C(c5ccccc5)c5ccccc5)c(OCCOCc5ccccc5)cc4=N3)CC2)CC1. The van der Waals surface area contributed by atoms with Gasteiger partial charge in [0, 0.05) is 60.4 Å². The van der Waals surface area contributed by atoms with E-state index in [-0.39, 0.29) is 6.09 Å². The summed E-state index contributed by atoms with van der Waals surface area (Å²) in [5.74, 6) is 1.11. The lowest BCUT2D eigenvalue weighted by Crippen LogP contribution is -2.53. The molecule has 0 atom stereocenters. The molecule has 54 heavy (non-hydrogen) atoms. The fourth-order valence-electron chi connectivity index (χ4n) is 7.35. The Balaban J connectivity index is 1.06. The molecule has 0 bridgehead atoms. The van der Waals surface area contributed by atoms with Gasteiger partial charge in [-0.3, -0.25) is 4.90 Å². The van der Waals surface area contributed by atoms with Crippen molar-refractivity contribution in [2.24, 2.45) is 16.0 Å². The molecule has 9 heteroatoms. The maximum absolute atomic E-state index is 12.6. The van der Waals surface area contributed by atoms with E-state index in [1.165, 1.54) is 0 Å². The molecule has 4 aromatic carbocycles. The van der Waals surface area contributed by atoms with Crippen molar-refractivity contribution in [1.82, 2.24) is 9.80 Å². The van der Waals surface area contributed by atoms with Crippen LogP contribution in [-0.4, -0.2) is 83.5 Å². The number of hydrogen-bond acceptors (Lipinski definition) is 7. The Kier molecular flexibility index (Phi) is 12.0. The van der Waals surface area contributed by atoms with Gasteiger partial charge in [-0.05, 0) is 58.1 Å². The second-order valence-electron chi connectivity index (χ2n) is 15.3. The first-order valence-electron chi connectivity index (χ1n) is 19.3. The summed E-state index contributed by atoms with van der Waals surface area (Å²) in [4.78, 5) is 22.2. The Labute approximate surface area is 318 Å². The first-order valence-corrected chi connectivity index (χ1v) is 19.3. The lowest BCUT2D eigenvalue weighted by molar-refractivity contribution is -0.424. The zero-order chi connectivity index (χ0) is 37.3. The van der Waals surface area contributed by atoms with E-state index in [0.29, 0.717) is 37.5 Å². The molecule has 0 unspecified atom stereocenters. The zero-order valence-electron chi connectivity index (χ0n) is 31.8. The first-order chi connectivity index (χ1) is 26.3. The lowest BCUT2D eigenvalue weighted by Gasteiger charge is -2.41. The number of aliphatic imine (C=N–C) groups is 1. The lowest BCUT2D eigenvalue weighted by atomic mass is 9.85. The molecule has 2 aliphatic heterocycles. The Morgan fingerprint density at radius 1 is 0.833 bits per heavy atom. The maximum atomic E-state index is 12.6. The van der Waals surface area contributed by atoms with E-state index in [1.54, 1.807) is 0 Å². The van der Waals surface area contributed by atoms with Gasteiger partial charge in [-0.15, -0.1) is 0 Å². The van der Waals surface area contributed by atoms with Crippen molar-refractivity contribution in [3.05, 3.63) is 130 Å². The Bertz CT molecular complexity index is 2000. The van der Waals surface area contributed by atoms with Crippen molar-refractivity contribution in [1.29, 1.82) is 0 Å². The molecule has 4 aromatic rings. The van der Waals surface area contributed by atoms with Gasteiger partial charge in [0.25, 0.3) is 0 Å². The minimum Gasteiger partial charge on any atom is -0.489 e. The normalized spacial score (nSPS) is 19.4. The maximum Gasteiger partial charge on any atom is 0.410 e. The number of ether oxygens (including phenoxy) is 3. The molecule has 2 heterocycles. The Hall–Kier alpha value is -5.12. The van der Waals surface area contributed by atoms with Gasteiger partial charge in [-0.2, -0.15) is 0 Å². The second kappa shape index (κ2) is 17.3. The highest BCUT2D eigenvalue weighted by molar-refractivity contribution is 6.14. The van der Waals surface area contributed by atoms with Gasteiger partial charge in [-0.1, -0.05) is 95.7 Å². The smallest absolute Gasteiger partial charge is 0.410 e. The number of fused-ring (bicyclic) bond motifs is 1. The number of rotatable bonds is 11. The zero-order valence-corrected chi connectivity index (χ0v) is 31.8. The summed E-state index contributed by atoms with van der Waals surface area (Å²) in [5.41, 5.74) is 4.36. The molecular formula is C45H52N5O4+. The second-order valence-corrected chi connectivity index (χ2v) is 15.3. The highest BCUT2D eigenvalue weighted by atomic mass is 16.6. The van der Waals surface area contributed by atoms with Crippen molar-refractivity contribution in [3.8, 4) is 5.75 Å². The molecule has 3 aliphatic rings. The van der Waals surface area contributed by atoms with Gasteiger partial charge >= 0.3 is 6.09 Å². The summed E-state index contributed by atoms with van der Waals surface area (Å²) in [6.45, 7) is 10.4. The highest BCUT2D eigenvalue weighted by Gasteiger charge is 2.32. The minimum atomic E-state index is -0.470. The van der Waals surface area contributed by atoms with Crippen molar-refractivity contribution in [2.75, 3.05) is 39.4 Å². The van der Waals surface area contributed by atoms with Gasteiger partial charge in [0.1, 0.15) is 29.0 Å². The molecular weight excluding hydrogens is 675 g/mol. The number of piperazine rings is 1. The monoisotopic (exact) mass is 726 g/mol. The summed E-state index contributed by atoms with van der Waals surface area (Å²) >= 11 is 0. The van der Waals surface area contributed by atoms with Gasteiger partial charge in [0.05, 0.1) is 24.1 Å². The molecule has 1 aliphatic carbocycles. The summed E-state index contributed by atoms with van der Waals surface area (Å²) in [5, 5.41) is 6.86. The first kappa shape index (κ1) is 37.2. The summed E-state index contributed by atoms with van der Waals surface area (Å²) in [6, 6.07) is 35.4. The molecule has 0 aromatic heterocycles. The van der Waals surface area contributed by atoms with Crippen LogP contribution in [0.2, 0.25) is 0 Å². The van der Waals surface area contributed by atoms with Crippen LogP contribution in [-0.2, 0) is 16.1 Å². The average molecular weight is 727 g/mol. The van der Waals surface area contributed by atoms with Crippen LogP contribution in [0.5, 0.6) is 5.75 Å². The number of hydrogen-bond donors (Lipinski definition) is 0. The van der Waals surface area contributed by atoms with Crippen LogP contribution in [0.1, 0.15) is 63.1 Å². The molecule has 0 N–H and O–H groups in total. The third kappa shape index (κ3) is 9.89. The molecule has 1 amide bonds. The van der Waals surface area contributed by atoms with E-state index >= 15 is 0 Å². The number of nitrogens with zero attached hydrogens (tertiary/aromatic N) is 5. The van der Waals surface area contributed by atoms with Gasteiger partial charge < -0.3 is 19.1 Å². The predicted molar refractivity (Wildman–Crippen MR) is 213 cm³/mol. The van der Waals surface area contributed by atoms with Crippen LogP contribution in [0.4, 0.5) is 10.5 Å². The quantitative estimate of drug-likeness (QED) is 0.0952. The Morgan fingerprint density at radius 3 is 2.09 bits per heavy atom. The fraction of sp³-hybridized carbons (Fsp3) is 0.378. The Morgan fingerprint density at radius 2 is 1.46 bits per heavy atom. The summed E-state index contributed by atoms with van der Waals surface area (Å²) in [7, 11) is 0. The fourth-order valence-corrected chi connectivity index (χ4v) is 7.35. The standard InChI is InChI=1S/C45H52N5O4/c1-45(2,3)54-44(51)49-25-23-48(24-26-49)39-21-19-34(20-22-39)31-50-32-38-29-41(46-43(36-15-9-5-10-16-36)37-17-11-6-12-18-37)42(30-40(38)47-50)53-28-27-52-33-35-13-7-4-8-14-35/h4-18,29-32,34,39H,19-28,33H2,1-3H3/q+1/b50-31-. The van der Waals surface area contributed by atoms with Crippen molar-refractivity contribution in [2.45, 2.75) is 64.7 Å². The largest absolute Gasteiger partial charge is 0.489 e. The van der Waals surface area contributed by atoms with Gasteiger partial charge in [0.15, 0.2) is 6.21 Å². The van der Waals surface area contributed by atoms with Crippen LogP contribution >= 0.6 is 0 Å². The van der Waals surface area contributed by atoms with E-state index < -0.39 is 5.60 Å². The summed E-state index contributed by atoms with van der Waals surface area (Å²) < 4.78 is 19.9. The van der Waals surface area contributed by atoms with Gasteiger partial charge in [-0.25, -0.2) is 9.79 Å². The topological polar surface area (TPSA) is 79.0 Å². The molecule has 0 radical (unpaired) electrons.